The predicted molar refractivity (Wildman–Crippen MR) is 69.0 cm³/mol. The average molecular weight is 242 g/mol. The summed E-state index contributed by atoms with van der Waals surface area (Å²) in [5.41, 5.74) is 0. The number of unbranched alkanes of at least 4 members (excludes halogenated alkanes) is 2. The third-order valence-electron chi connectivity index (χ3n) is 3.23. The summed E-state index contributed by atoms with van der Waals surface area (Å²) in [6.45, 7) is 9.93. The van der Waals surface area contributed by atoms with E-state index in [2.05, 4.69) is 11.8 Å². The Morgan fingerprint density at radius 2 is 1.82 bits per heavy atom. The zero-order chi connectivity index (χ0) is 12.5. The van der Waals surface area contributed by atoms with E-state index in [1.807, 2.05) is 11.8 Å². The first-order chi connectivity index (χ1) is 8.27. The number of piperazine rings is 1. The molecule has 4 nitrogen and oxygen atoms in total. The molecule has 1 fully saturated rings. The molecule has 0 radical (unpaired) electrons. The molecule has 4 heteroatoms. The summed E-state index contributed by atoms with van der Waals surface area (Å²) in [4.78, 5) is 16.1. The number of carbonyl (C=O) groups is 1. The van der Waals surface area contributed by atoms with Crippen LogP contribution < -0.4 is 0 Å². The van der Waals surface area contributed by atoms with Crippen LogP contribution in [0.25, 0.3) is 0 Å². The summed E-state index contributed by atoms with van der Waals surface area (Å²) in [6, 6.07) is 0. The number of ether oxygens (including phenoxy) is 1. The molecule has 0 aromatic heterocycles. The number of hydrogen-bond acceptors (Lipinski definition) is 3. The quantitative estimate of drug-likeness (QED) is 0.632. The molecule has 0 atom stereocenters. The van der Waals surface area contributed by atoms with Crippen molar-refractivity contribution in [3.63, 3.8) is 0 Å². The minimum absolute atomic E-state index is 0.139. The van der Waals surface area contributed by atoms with Crippen LogP contribution in [0.2, 0.25) is 0 Å². The zero-order valence-electron chi connectivity index (χ0n) is 11.3. The largest absolute Gasteiger partial charge is 0.372 e. The molecule has 1 amide bonds. The molecule has 1 aliphatic rings. The van der Waals surface area contributed by atoms with Gasteiger partial charge in [0.1, 0.15) is 6.61 Å². The van der Waals surface area contributed by atoms with Crippen LogP contribution in [0.5, 0.6) is 0 Å². The van der Waals surface area contributed by atoms with Crippen LogP contribution in [0.15, 0.2) is 0 Å². The Labute approximate surface area is 105 Å². The maximum absolute atomic E-state index is 11.7. The van der Waals surface area contributed by atoms with E-state index in [4.69, 9.17) is 4.74 Å². The van der Waals surface area contributed by atoms with E-state index in [-0.39, 0.29) is 12.5 Å². The van der Waals surface area contributed by atoms with Crippen molar-refractivity contribution in [3.05, 3.63) is 0 Å². The monoisotopic (exact) mass is 242 g/mol. The number of hydrogen-bond donors (Lipinski definition) is 0. The van der Waals surface area contributed by atoms with Gasteiger partial charge in [-0.25, -0.2) is 0 Å². The average Bonchev–Trinajstić information content (AvgIpc) is 2.37. The van der Waals surface area contributed by atoms with E-state index in [9.17, 15) is 4.79 Å². The van der Waals surface area contributed by atoms with Gasteiger partial charge in [-0.3, -0.25) is 9.69 Å². The maximum Gasteiger partial charge on any atom is 0.248 e. The second-order valence-corrected chi connectivity index (χ2v) is 4.57. The fourth-order valence-corrected chi connectivity index (χ4v) is 2.09. The van der Waals surface area contributed by atoms with Crippen LogP contribution in [0, 0.1) is 0 Å². The standard InChI is InChI=1S/C13H26N2O2/c1-3-5-6-7-14-8-10-15(11-9-14)13(16)12-17-4-2/h3-12H2,1-2H3. The Morgan fingerprint density at radius 1 is 1.12 bits per heavy atom. The Hall–Kier alpha value is -0.610. The van der Waals surface area contributed by atoms with Crippen LogP contribution in [0.4, 0.5) is 0 Å². The second-order valence-electron chi connectivity index (χ2n) is 4.57. The number of rotatable bonds is 7. The molecular weight excluding hydrogens is 216 g/mol. The van der Waals surface area contributed by atoms with E-state index >= 15 is 0 Å². The Kier molecular flexibility index (Phi) is 7.21. The summed E-state index contributed by atoms with van der Waals surface area (Å²) in [6.07, 6.45) is 3.86. The number of amides is 1. The molecule has 1 rings (SSSR count). The van der Waals surface area contributed by atoms with E-state index in [0.29, 0.717) is 6.61 Å². The fraction of sp³-hybridized carbons (Fsp3) is 0.923. The van der Waals surface area contributed by atoms with Gasteiger partial charge in [-0.05, 0) is 19.9 Å². The van der Waals surface area contributed by atoms with E-state index < -0.39 is 0 Å². The smallest absolute Gasteiger partial charge is 0.248 e. The molecule has 1 aliphatic heterocycles. The van der Waals surface area contributed by atoms with Gasteiger partial charge in [0.2, 0.25) is 5.91 Å². The lowest BCUT2D eigenvalue weighted by molar-refractivity contribution is -0.137. The first-order valence-corrected chi connectivity index (χ1v) is 6.85. The molecule has 0 aromatic rings. The van der Waals surface area contributed by atoms with Crippen LogP contribution in [0.1, 0.15) is 33.1 Å². The molecule has 0 saturated carbocycles. The van der Waals surface area contributed by atoms with Gasteiger partial charge in [-0.2, -0.15) is 0 Å². The summed E-state index contributed by atoms with van der Waals surface area (Å²) in [5.74, 6) is 0.139. The van der Waals surface area contributed by atoms with E-state index in [0.717, 1.165) is 26.2 Å². The van der Waals surface area contributed by atoms with Gasteiger partial charge < -0.3 is 9.64 Å². The Balaban J connectivity index is 2.14. The van der Waals surface area contributed by atoms with E-state index in [1.54, 1.807) is 0 Å². The lowest BCUT2D eigenvalue weighted by atomic mass is 10.2. The third kappa shape index (κ3) is 5.50. The normalized spacial score (nSPS) is 17.4. The van der Waals surface area contributed by atoms with Crippen LogP contribution >= 0.6 is 0 Å². The van der Waals surface area contributed by atoms with Crippen LogP contribution in [-0.4, -0.2) is 61.6 Å². The van der Waals surface area contributed by atoms with Crippen molar-refractivity contribution < 1.29 is 9.53 Å². The highest BCUT2D eigenvalue weighted by Gasteiger charge is 2.20. The van der Waals surface area contributed by atoms with Crippen molar-refractivity contribution in [1.82, 2.24) is 9.80 Å². The maximum atomic E-state index is 11.7. The van der Waals surface area contributed by atoms with Crippen LogP contribution in [-0.2, 0) is 9.53 Å². The van der Waals surface area contributed by atoms with Gasteiger partial charge in [0.15, 0.2) is 0 Å². The molecule has 0 N–H and O–H groups in total. The van der Waals surface area contributed by atoms with Crippen LogP contribution in [0.3, 0.4) is 0 Å². The van der Waals surface area contributed by atoms with Crippen molar-refractivity contribution in [1.29, 1.82) is 0 Å². The van der Waals surface area contributed by atoms with Crippen molar-refractivity contribution in [3.8, 4) is 0 Å². The third-order valence-corrected chi connectivity index (χ3v) is 3.23. The Morgan fingerprint density at radius 3 is 2.41 bits per heavy atom. The topological polar surface area (TPSA) is 32.8 Å². The number of carbonyl (C=O) groups excluding carboxylic acids is 1. The summed E-state index contributed by atoms with van der Waals surface area (Å²) >= 11 is 0. The molecule has 0 bridgehead atoms. The first kappa shape index (κ1) is 14.5. The summed E-state index contributed by atoms with van der Waals surface area (Å²) < 4.78 is 5.15. The van der Waals surface area contributed by atoms with Crippen molar-refractivity contribution in [2.24, 2.45) is 0 Å². The van der Waals surface area contributed by atoms with Gasteiger partial charge in [0.05, 0.1) is 0 Å². The minimum atomic E-state index is 0.139. The SMILES string of the molecule is CCCCCN1CCN(C(=O)COCC)CC1. The molecule has 100 valence electrons. The molecule has 17 heavy (non-hydrogen) atoms. The first-order valence-electron chi connectivity index (χ1n) is 6.85. The lowest BCUT2D eigenvalue weighted by Crippen LogP contribution is -2.49. The predicted octanol–water partition coefficient (Wildman–Crippen LogP) is 1.36. The minimum Gasteiger partial charge on any atom is -0.372 e. The highest BCUT2D eigenvalue weighted by atomic mass is 16.5. The highest BCUT2D eigenvalue weighted by Crippen LogP contribution is 2.05. The van der Waals surface area contributed by atoms with Gasteiger partial charge in [0.25, 0.3) is 0 Å². The summed E-state index contributed by atoms with van der Waals surface area (Å²) in [5, 5.41) is 0. The van der Waals surface area contributed by atoms with Gasteiger partial charge in [-0.15, -0.1) is 0 Å². The molecule has 0 unspecified atom stereocenters. The van der Waals surface area contributed by atoms with Crippen molar-refractivity contribution in [2.75, 3.05) is 45.9 Å². The van der Waals surface area contributed by atoms with Gasteiger partial charge in [0, 0.05) is 32.8 Å². The van der Waals surface area contributed by atoms with Crippen molar-refractivity contribution in [2.45, 2.75) is 33.1 Å². The number of nitrogens with zero attached hydrogens (tertiary/aromatic N) is 2. The van der Waals surface area contributed by atoms with Gasteiger partial charge >= 0.3 is 0 Å². The molecule has 0 spiro atoms. The zero-order valence-corrected chi connectivity index (χ0v) is 11.3. The van der Waals surface area contributed by atoms with Crippen molar-refractivity contribution >= 4 is 5.91 Å². The molecule has 1 heterocycles. The van der Waals surface area contributed by atoms with E-state index in [1.165, 1.54) is 25.8 Å². The lowest BCUT2D eigenvalue weighted by Gasteiger charge is -2.34. The second kappa shape index (κ2) is 8.48. The Bertz CT molecular complexity index is 213. The fourth-order valence-electron chi connectivity index (χ4n) is 2.09. The molecule has 0 aromatic carbocycles. The molecule has 0 aliphatic carbocycles. The molecular formula is C13H26N2O2. The molecule has 1 saturated heterocycles. The summed E-state index contributed by atoms with van der Waals surface area (Å²) in [7, 11) is 0. The van der Waals surface area contributed by atoms with Gasteiger partial charge in [-0.1, -0.05) is 19.8 Å². The highest BCUT2D eigenvalue weighted by molar-refractivity contribution is 5.77.